The molecule has 0 unspecified atom stereocenters. The summed E-state index contributed by atoms with van der Waals surface area (Å²) in [4.78, 5) is 38.8. The lowest BCUT2D eigenvalue weighted by Gasteiger charge is -2.34. The summed E-state index contributed by atoms with van der Waals surface area (Å²) in [5.41, 5.74) is 3.43. The molecule has 0 spiro atoms. The first-order valence-corrected chi connectivity index (χ1v) is 13.3. The minimum absolute atomic E-state index is 0.0792. The Balaban J connectivity index is 1.42. The fraction of sp³-hybridized carbons (Fsp3) is 0.345. The number of carbonyl (C=O) groups is 3. The average molecular weight is 568 g/mol. The van der Waals surface area contributed by atoms with Gasteiger partial charge in [0, 0.05) is 54.9 Å². The van der Waals surface area contributed by atoms with Gasteiger partial charge in [0.05, 0.1) is 31.7 Å². The molecule has 1 fully saturated rings. The number of ether oxygens (including phenoxy) is 3. The number of methoxy groups -OCH3 is 2. The largest absolute Gasteiger partial charge is 0.493 e. The second kappa shape index (κ2) is 11.6. The first-order valence-electron chi connectivity index (χ1n) is 13.0. The van der Waals surface area contributed by atoms with Crippen LogP contribution < -0.4 is 9.47 Å². The van der Waals surface area contributed by atoms with E-state index in [2.05, 4.69) is 4.57 Å². The molecule has 0 saturated carbocycles. The quantitative estimate of drug-likeness (QED) is 0.451. The number of carbonyl (C=O) groups excluding carboxylic acids is 2. The third-order valence-corrected chi connectivity index (χ3v) is 7.62. The second-order valence-electron chi connectivity index (χ2n) is 9.61. The lowest BCUT2D eigenvalue weighted by atomic mass is 9.98. The molecular weight excluding hydrogens is 538 g/mol. The zero-order valence-electron chi connectivity index (χ0n) is 22.2. The van der Waals surface area contributed by atoms with Crippen LogP contribution in [0.2, 0.25) is 5.02 Å². The van der Waals surface area contributed by atoms with Crippen LogP contribution in [0.4, 0.5) is 0 Å². The summed E-state index contributed by atoms with van der Waals surface area (Å²) in [6, 6.07) is 15.2. The number of aromatic nitrogens is 1. The van der Waals surface area contributed by atoms with Crippen molar-refractivity contribution < 1.29 is 33.7 Å². The predicted octanol–water partition coefficient (Wildman–Crippen LogP) is 3.84. The highest BCUT2D eigenvalue weighted by Gasteiger charge is 2.34. The molecule has 0 bridgehead atoms. The molecule has 2 amide bonds. The summed E-state index contributed by atoms with van der Waals surface area (Å²) in [6.07, 6.45) is 1.57. The lowest BCUT2D eigenvalue weighted by molar-refractivity contribution is -0.157. The summed E-state index contributed by atoms with van der Waals surface area (Å²) in [5.74, 6) is -1.39. The van der Waals surface area contributed by atoms with Crippen LogP contribution in [0.3, 0.4) is 0 Å². The summed E-state index contributed by atoms with van der Waals surface area (Å²) >= 11 is 6.46. The first kappa shape index (κ1) is 27.5. The Hall–Kier alpha value is -4.02. The Morgan fingerprint density at radius 2 is 1.73 bits per heavy atom. The molecule has 3 aromatic rings. The molecule has 0 radical (unpaired) electrons. The smallest absolute Gasteiger partial charge is 0.394 e. The van der Waals surface area contributed by atoms with Gasteiger partial charge in [-0.25, -0.2) is 4.79 Å². The Morgan fingerprint density at radius 3 is 2.42 bits per heavy atom. The van der Waals surface area contributed by atoms with Gasteiger partial charge >= 0.3 is 11.9 Å². The van der Waals surface area contributed by atoms with Gasteiger partial charge < -0.3 is 33.7 Å². The number of hydrogen-bond acceptors (Lipinski definition) is 6. The van der Waals surface area contributed by atoms with Crippen LogP contribution in [0.5, 0.6) is 11.5 Å². The number of halogens is 1. The van der Waals surface area contributed by atoms with E-state index in [1.54, 1.807) is 19.1 Å². The monoisotopic (exact) mass is 567 g/mol. The maximum atomic E-state index is 13.2. The molecule has 210 valence electrons. The second-order valence-corrected chi connectivity index (χ2v) is 10.0. The van der Waals surface area contributed by atoms with E-state index < -0.39 is 24.1 Å². The Kier molecular flexibility index (Phi) is 7.99. The number of fused-ring (bicyclic) bond motifs is 3. The van der Waals surface area contributed by atoms with Crippen LogP contribution in [-0.4, -0.2) is 77.7 Å². The molecule has 10 nitrogen and oxygen atoms in total. The van der Waals surface area contributed by atoms with E-state index in [-0.39, 0.29) is 38.5 Å². The van der Waals surface area contributed by atoms with Crippen LogP contribution in [-0.2, 0) is 19.1 Å². The SMILES string of the molecule is COc1cccc([C@H]2O[C@H](CCC(=O)N3CCN(C(=O)C(=O)O)CC3)c3cccn3-c3ccc(Cl)cc32)c1OC. The van der Waals surface area contributed by atoms with Crippen LogP contribution in [0, 0.1) is 0 Å². The Morgan fingerprint density at radius 1 is 0.975 bits per heavy atom. The normalized spacial score (nSPS) is 18.4. The topological polar surface area (TPSA) is 111 Å². The molecule has 2 aromatic carbocycles. The van der Waals surface area contributed by atoms with E-state index in [1.807, 2.05) is 54.7 Å². The number of nitrogens with zero attached hydrogens (tertiary/aromatic N) is 3. The lowest BCUT2D eigenvalue weighted by Crippen LogP contribution is -2.52. The van der Waals surface area contributed by atoms with Crippen LogP contribution in [0.25, 0.3) is 5.69 Å². The van der Waals surface area contributed by atoms with Gasteiger partial charge in [-0.2, -0.15) is 0 Å². The van der Waals surface area contributed by atoms with E-state index in [0.29, 0.717) is 22.9 Å². The third kappa shape index (κ3) is 5.24. The number of hydrogen-bond donors (Lipinski definition) is 1. The number of amides is 2. The van der Waals surface area contributed by atoms with Crippen molar-refractivity contribution in [1.29, 1.82) is 0 Å². The Labute approximate surface area is 236 Å². The summed E-state index contributed by atoms with van der Waals surface area (Å²) in [5, 5.41) is 9.53. The molecule has 0 aliphatic carbocycles. The van der Waals surface area contributed by atoms with Crippen molar-refractivity contribution >= 4 is 29.4 Å². The third-order valence-electron chi connectivity index (χ3n) is 7.38. The molecule has 5 rings (SSSR count). The highest BCUT2D eigenvalue weighted by Crippen LogP contribution is 2.46. The number of para-hydroxylation sites is 1. The van der Waals surface area contributed by atoms with Gasteiger partial charge in [-0.3, -0.25) is 9.59 Å². The molecule has 2 aliphatic rings. The van der Waals surface area contributed by atoms with E-state index in [1.165, 1.54) is 4.90 Å². The zero-order valence-corrected chi connectivity index (χ0v) is 23.0. The number of carboxylic acids is 1. The molecule has 3 heterocycles. The number of benzene rings is 2. The van der Waals surface area contributed by atoms with Crippen molar-refractivity contribution in [2.75, 3.05) is 40.4 Å². The van der Waals surface area contributed by atoms with Gasteiger partial charge in [0.2, 0.25) is 5.91 Å². The molecule has 1 N–H and O–H groups in total. The first-order chi connectivity index (χ1) is 19.3. The van der Waals surface area contributed by atoms with Gasteiger partial charge in [-0.1, -0.05) is 23.7 Å². The number of rotatable bonds is 6. The van der Waals surface area contributed by atoms with E-state index >= 15 is 0 Å². The van der Waals surface area contributed by atoms with Crippen molar-refractivity contribution in [3.05, 3.63) is 76.6 Å². The van der Waals surface area contributed by atoms with Gasteiger partial charge in [-0.15, -0.1) is 0 Å². The molecule has 1 saturated heterocycles. The molecule has 11 heteroatoms. The summed E-state index contributed by atoms with van der Waals surface area (Å²) < 4.78 is 20.2. The molecule has 2 atom stereocenters. The minimum atomic E-state index is -1.49. The fourth-order valence-corrected chi connectivity index (χ4v) is 5.60. The van der Waals surface area contributed by atoms with Crippen LogP contribution >= 0.6 is 11.6 Å². The van der Waals surface area contributed by atoms with Crippen molar-refractivity contribution in [3.8, 4) is 17.2 Å². The van der Waals surface area contributed by atoms with Crippen LogP contribution in [0.1, 0.15) is 41.9 Å². The maximum Gasteiger partial charge on any atom is 0.394 e. The maximum absolute atomic E-state index is 13.2. The van der Waals surface area contributed by atoms with E-state index in [9.17, 15) is 14.4 Å². The highest BCUT2D eigenvalue weighted by molar-refractivity contribution is 6.31. The number of carboxylic acid groups (broad SMARTS) is 1. The minimum Gasteiger partial charge on any atom is -0.493 e. The highest BCUT2D eigenvalue weighted by atomic mass is 35.5. The van der Waals surface area contributed by atoms with E-state index in [0.717, 1.165) is 22.5 Å². The molecule has 2 aliphatic heterocycles. The molecular formula is C29H30ClN3O7. The van der Waals surface area contributed by atoms with Gasteiger partial charge in [0.25, 0.3) is 0 Å². The average Bonchev–Trinajstić information content (AvgIpc) is 3.41. The summed E-state index contributed by atoms with van der Waals surface area (Å²) in [6.45, 7) is 0.946. The van der Waals surface area contributed by atoms with E-state index in [4.69, 9.17) is 30.9 Å². The molecule has 40 heavy (non-hydrogen) atoms. The van der Waals surface area contributed by atoms with Crippen LogP contribution in [0.15, 0.2) is 54.7 Å². The predicted molar refractivity (Wildman–Crippen MR) is 146 cm³/mol. The van der Waals surface area contributed by atoms with Crippen molar-refractivity contribution in [2.45, 2.75) is 25.0 Å². The van der Waals surface area contributed by atoms with Gasteiger partial charge in [-0.05, 0) is 42.8 Å². The fourth-order valence-electron chi connectivity index (χ4n) is 5.42. The van der Waals surface area contributed by atoms with Gasteiger partial charge in [0.1, 0.15) is 6.10 Å². The molecule has 1 aromatic heterocycles. The van der Waals surface area contributed by atoms with Crippen molar-refractivity contribution in [2.24, 2.45) is 0 Å². The van der Waals surface area contributed by atoms with Crippen molar-refractivity contribution in [1.82, 2.24) is 14.4 Å². The Bertz CT molecular complexity index is 1430. The van der Waals surface area contributed by atoms with Crippen molar-refractivity contribution in [3.63, 3.8) is 0 Å². The standard InChI is InChI=1S/C29H30ClN3O7/c1-38-24-7-3-5-19(27(24)39-2)26-20-17-18(30)8-9-21(20)33-12-4-6-22(33)23(40-26)10-11-25(34)31-13-15-32(16-14-31)28(35)29(36)37/h3-9,12,17,23,26H,10-11,13-16H2,1-2H3,(H,36,37)/t23-,26-/m1/s1. The number of aliphatic carboxylic acids is 1. The summed E-state index contributed by atoms with van der Waals surface area (Å²) in [7, 11) is 3.16. The van der Waals surface area contributed by atoms with Gasteiger partial charge in [0.15, 0.2) is 11.5 Å². The number of piperazine rings is 1. The zero-order chi connectivity index (χ0) is 28.4.